The van der Waals surface area contributed by atoms with Gasteiger partial charge < -0.3 is 15.3 Å². The van der Waals surface area contributed by atoms with Gasteiger partial charge in [-0.05, 0) is 67.3 Å². The van der Waals surface area contributed by atoms with Crippen LogP contribution in [-0.4, -0.2) is 15.3 Å². The zero-order chi connectivity index (χ0) is 26.3. The predicted molar refractivity (Wildman–Crippen MR) is 146 cm³/mol. The smallest absolute Gasteiger partial charge is 0.122 e. The molecule has 0 saturated heterocycles. The standard InChI is InChI=1S/C32H42O3/c1-30(2,3)24-12-10-20(27(33)18-24)14-22-16-26(32(7,8)9)17-23(29(22)35)15-21-11-13-25(19-28(21)34)31(4,5)6/h10-13,16-19,33-35H,14-15H2,1-9H3. The van der Waals surface area contributed by atoms with Gasteiger partial charge in [-0.3, -0.25) is 0 Å². The van der Waals surface area contributed by atoms with Gasteiger partial charge in [0.15, 0.2) is 0 Å². The lowest BCUT2D eigenvalue weighted by Gasteiger charge is -2.24. The van der Waals surface area contributed by atoms with Crippen LogP contribution in [0.3, 0.4) is 0 Å². The number of benzene rings is 3. The van der Waals surface area contributed by atoms with Crippen molar-refractivity contribution in [3.05, 3.63) is 87.5 Å². The van der Waals surface area contributed by atoms with Crippen LogP contribution in [0.2, 0.25) is 0 Å². The first-order valence-electron chi connectivity index (χ1n) is 12.5. The molecule has 3 N–H and O–H groups in total. The monoisotopic (exact) mass is 474 g/mol. The third kappa shape index (κ3) is 6.20. The minimum Gasteiger partial charge on any atom is -0.508 e. The number of hydrogen-bond acceptors (Lipinski definition) is 3. The summed E-state index contributed by atoms with van der Waals surface area (Å²) in [5.41, 5.74) is 6.14. The van der Waals surface area contributed by atoms with E-state index in [-0.39, 0.29) is 33.5 Å². The molecule has 0 aliphatic carbocycles. The van der Waals surface area contributed by atoms with Crippen molar-refractivity contribution < 1.29 is 15.3 Å². The van der Waals surface area contributed by atoms with E-state index in [2.05, 4.69) is 74.4 Å². The van der Waals surface area contributed by atoms with E-state index in [1.165, 1.54) is 0 Å². The second-order valence-electron chi connectivity index (χ2n) is 12.9. The van der Waals surface area contributed by atoms with E-state index in [1.807, 2.05) is 36.4 Å². The fourth-order valence-electron chi connectivity index (χ4n) is 4.23. The maximum Gasteiger partial charge on any atom is 0.122 e. The van der Waals surface area contributed by atoms with Crippen molar-refractivity contribution in [3.8, 4) is 17.2 Å². The molecule has 3 rings (SSSR count). The molecule has 3 aromatic carbocycles. The van der Waals surface area contributed by atoms with Gasteiger partial charge in [0.2, 0.25) is 0 Å². The Morgan fingerprint density at radius 3 is 1.09 bits per heavy atom. The normalized spacial score (nSPS) is 12.7. The van der Waals surface area contributed by atoms with Crippen molar-refractivity contribution >= 4 is 0 Å². The Labute approximate surface area is 211 Å². The van der Waals surface area contributed by atoms with E-state index < -0.39 is 0 Å². The van der Waals surface area contributed by atoms with Crippen molar-refractivity contribution in [1.29, 1.82) is 0 Å². The van der Waals surface area contributed by atoms with Crippen molar-refractivity contribution in [2.75, 3.05) is 0 Å². The van der Waals surface area contributed by atoms with Crippen LogP contribution in [0.5, 0.6) is 17.2 Å². The van der Waals surface area contributed by atoms with Gasteiger partial charge in [0.05, 0.1) is 0 Å². The number of rotatable bonds is 4. The molecule has 0 atom stereocenters. The molecule has 3 aromatic rings. The van der Waals surface area contributed by atoms with Gasteiger partial charge in [-0.2, -0.15) is 0 Å². The Morgan fingerprint density at radius 1 is 0.457 bits per heavy atom. The van der Waals surface area contributed by atoms with E-state index in [9.17, 15) is 15.3 Å². The van der Waals surface area contributed by atoms with Crippen LogP contribution in [0.25, 0.3) is 0 Å². The molecular weight excluding hydrogens is 432 g/mol. The minimum atomic E-state index is -0.118. The molecule has 0 bridgehead atoms. The van der Waals surface area contributed by atoms with E-state index in [0.29, 0.717) is 12.8 Å². The average molecular weight is 475 g/mol. The first-order chi connectivity index (χ1) is 16.0. The third-order valence-electron chi connectivity index (χ3n) is 6.80. The number of phenolic OH excluding ortho intramolecular Hbond substituents is 3. The van der Waals surface area contributed by atoms with Gasteiger partial charge in [-0.25, -0.2) is 0 Å². The van der Waals surface area contributed by atoms with Crippen LogP contribution in [0.15, 0.2) is 48.5 Å². The summed E-state index contributed by atoms with van der Waals surface area (Å²) in [6.45, 7) is 19.2. The van der Waals surface area contributed by atoms with Crippen LogP contribution in [-0.2, 0) is 29.1 Å². The van der Waals surface area contributed by atoms with Crippen LogP contribution < -0.4 is 0 Å². The molecule has 0 aromatic heterocycles. The number of phenols is 3. The van der Waals surface area contributed by atoms with Crippen LogP contribution >= 0.6 is 0 Å². The third-order valence-corrected chi connectivity index (χ3v) is 6.80. The predicted octanol–water partition coefficient (Wildman–Crippen LogP) is 7.88. The molecule has 0 saturated carbocycles. The Bertz CT molecular complexity index is 1130. The van der Waals surface area contributed by atoms with Crippen molar-refractivity contribution in [3.63, 3.8) is 0 Å². The summed E-state index contributed by atoms with van der Waals surface area (Å²) in [5.74, 6) is 0.710. The first-order valence-corrected chi connectivity index (χ1v) is 12.5. The molecule has 0 fully saturated rings. The van der Waals surface area contributed by atoms with E-state index in [0.717, 1.165) is 38.9 Å². The molecule has 0 amide bonds. The highest BCUT2D eigenvalue weighted by Gasteiger charge is 2.22. The number of aromatic hydroxyl groups is 3. The van der Waals surface area contributed by atoms with E-state index in [4.69, 9.17) is 0 Å². The first kappa shape index (κ1) is 26.7. The van der Waals surface area contributed by atoms with Crippen molar-refractivity contribution in [2.45, 2.75) is 91.4 Å². The molecule has 188 valence electrons. The average Bonchev–Trinajstić information content (AvgIpc) is 2.71. The van der Waals surface area contributed by atoms with Crippen LogP contribution in [0, 0.1) is 0 Å². The van der Waals surface area contributed by atoms with Crippen molar-refractivity contribution in [2.24, 2.45) is 0 Å². The maximum atomic E-state index is 11.3. The second-order valence-corrected chi connectivity index (χ2v) is 12.9. The summed E-state index contributed by atoms with van der Waals surface area (Å²) >= 11 is 0. The summed E-state index contributed by atoms with van der Waals surface area (Å²) in [6, 6.07) is 15.7. The van der Waals surface area contributed by atoms with Gasteiger partial charge in [-0.1, -0.05) is 98.7 Å². The molecule has 0 heterocycles. The lowest BCUT2D eigenvalue weighted by molar-refractivity contribution is 0.454. The highest BCUT2D eigenvalue weighted by molar-refractivity contribution is 5.52. The SMILES string of the molecule is CC(C)(C)c1ccc(Cc2cc(C(C)(C)C)cc(Cc3ccc(C(C)(C)C)cc3O)c2O)c(O)c1. The molecule has 0 spiro atoms. The largest absolute Gasteiger partial charge is 0.508 e. The summed E-state index contributed by atoms with van der Waals surface area (Å²) in [7, 11) is 0. The number of hydrogen-bond donors (Lipinski definition) is 3. The fraction of sp³-hybridized carbons (Fsp3) is 0.438. The van der Waals surface area contributed by atoms with Crippen LogP contribution in [0.1, 0.15) is 101 Å². The Morgan fingerprint density at radius 2 is 0.800 bits per heavy atom. The molecule has 35 heavy (non-hydrogen) atoms. The zero-order valence-electron chi connectivity index (χ0n) is 22.9. The maximum absolute atomic E-state index is 11.3. The molecule has 0 radical (unpaired) electrons. The molecule has 3 nitrogen and oxygen atoms in total. The zero-order valence-corrected chi connectivity index (χ0v) is 22.9. The molecule has 0 aliphatic rings. The second kappa shape index (κ2) is 9.26. The molecular formula is C32H42O3. The van der Waals surface area contributed by atoms with Crippen LogP contribution in [0.4, 0.5) is 0 Å². The van der Waals surface area contributed by atoms with Gasteiger partial charge in [0, 0.05) is 12.8 Å². The molecule has 0 unspecified atom stereocenters. The molecule has 3 heteroatoms. The summed E-state index contributed by atoms with van der Waals surface area (Å²) in [4.78, 5) is 0. The molecule has 0 aliphatic heterocycles. The van der Waals surface area contributed by atoms with Crippen molar-refractivity contribution in [1.82, 2.24) is 0 Å². The lowest BCUT2D eigenvalue weighted by atomic mass is 9.82. The van der Waals surface area contributed by atoms with Gasteiger partial charge in [0.1, 0.15) is 17.2 Å². The Balaban J connectivity index is 2.04. The topological polar surface area (TPSA) is 60.7 Å². The minimum absolute atomic E-state index is 0.0536. The van der Waals surface area contributed by atoms with Gasteiger partial charge >= 0.3 is 0 Å². The summed E-state index contributed by atoms with van der Waals surface area (Å²) < 4.78 is 0. The summed E-state index contributed by atoms with van der Waals surface area (Å²) in [5, 5.41) is 32.8. The fourth-order valence-corrected chi connectivity index (χ4v) is 4.23. The highest BCUT2D eigenvalue weighted by Crippen LogP contribution is 2.37. The van der Waals surface area contributed by atoms with Gasteiger partial charge in [-0.15, -0.1) is 0 Å². The lowest BCUT2D eigenvalue weighted by Crippen LogP contribution is -2.13. The summed E-state index contributed by atoms with van der Waals surface area (Å²) in [6.07, 6.45) is 0.849. The Kier molecular flexibility index (Phi) is 7.05. The highest BCUT2D eigenvalue weighted by atomic mass is 16.3. The van der Waals surface area contributed by atoms with Gasteiger partial charge in [0.25, 0.3) is 0 Å². The van der Waals surface area contributed by atoms with E-state index >= 15 is 0 Å². The van der Waals surface area contributed by atoms with E-state index in [1.54, 1.807) is 0 Å². The Hall–Kier alpha value is -2.94. The quantitative estimate of drug-likeness (QED) is 0.360.